The van der Waals surface area contributed by atoms with Crippen LogP contribution in [0.4, 0.5) is 10.5 Å². The van der Waals surface area contributed by atoms with Gasteiger partial charge in [0.15, 0.2) is 0 Å². The Labute approximate surface area is 134 Å². The molecule has 2 amide bonds. The minimum absolute atomic E-state index is 0.0472. The second-order valence-corrected chi connectivity index (χ2v) is 6.49. The summed E-state index contributed by atoms with van der Waals surface area (Å²) in [6.07, 6.45) is 4.59. The summed E-state index contributed by atoms with van der Waals surface area (Å²) >= 11 is 1.91. The molecule has 1 fully saturated rings. The maximum atomic E-state index is 12.5. The van der Waals surface area contributed by atoms with Crippen molar-refractivity contribution in [2.45, 2.75) is 12.5 Å². The standard InChI is InChI=1S/C17H19N3OS/c1-20(14-8-11-22-12-14)17(21)19-16-5-3-2-4-15(16)13-6-9-18-10-7-13/h2-7,9-10,14H,8,11-12H2,1H3,(H,19,21)/t14-/m0/s1. The van der Waals surface area contributed by atoms with Crippen LogP contribution in [0.2, 0.25) is 0 Å². The van der Waals surface area contributed by atoms with E-state index in [2.05, 4.69) is 10.3 Å². The molecule has 1 atom stereocenters. The van der Waals surface area contributed by atoms with E-state index in [0.717, 1.165) is 34.7 Å². The first kappa shape index (κ1) is 14.9. The molecule has 1 saturated heterocycles. The van der Waals surface area contributed by atoms with Crippen molar-refractivity contribution in [2.75, 3.05) is 23.9 Å². The molecule has 5 heteroatoms. The first-order valence-electron chi connectivity index (χ1n) is 7.36. The number of anilines is 1. The van der Waals surface area contributed by atoms with Gasteiger partial charge in [0.2, 0.25) is 0 Å². The van der Waals surface area contributed by atoms with Gasteiger partial charge in [-0.25, -0.2) is 4.79 Å². The summed E-state index contributed by atoms with van der Waals surface area (Å²) in [6.45, 7) is 0. The summed E-state index contributed by atoms with van der Waals surface area (Å²) in [4.78, 5) is 18.3. The third-order valence-electron chi connectivity index (χ3n) is 3.93. The molecule has 0 unspecified atom stereocenters. The minimum atomic E-state index is -0.0472. The van der Waals surface area contributed by atoms with Crippen molar-refractivity contribution in [3.8, 4) is 11.1 Å². The minimum Gasteiger partial charge on any atom is -0.324 e. The van der Waals surface area contributed by atoms with Crippen molar-refractivity contribution in [1.82, 2.24) is 9.88 Å². The molecule has 1 aliphatic heterocycles. The molecule has 1 aromatic carbocycles. The van der Waals surface area contributed by atoms with E-state index < -0.39 is 0 Å². The molecular formula is C17H19N3OS. The third kappa shape index (κ3) is 3.25. The van der Waals surface area contributed by atoms with Gasteiger partial charge in [0, 0.05) is 36.8 Å². The lowest BCUT2D eigenvalue weighted by molar-refractivity contribution is 0.209. The molecule has 22 heavy (non-hydrogen) atoms. The van der Waals surface area contributed by atoms with E-state index >= 15 is 0 Å². The molecule has 1 N–H and O–H groups in total. The molecule has 0 aliphatic carbocycles. The molecule has 0 spiro atoms. The number of carbonyl (C=O) groups excluding carboxylic acids is 1. The van der Waals surface area contributed by atoms with E-state index in [9.17, 15) is 4.79 Å². The van der Waals surface area contributed by atoms with Crippen LogP contribution in [-0.2, 0) is 0 Å². The Kier molecular flexibility index (Phi) is 4.63. The maximum absolute atomic E-state index is 12.5. The van der Waals surface area contributed by atoms with E-state index in [1.807, 2.05) is 60.1 Å². The third-order valence-corrected chi connectivity index (χ3v) is 5.08. The summed E-state index contributed by atoms with van der Waals surface area (Å²) in [5.74, 6) is 2.16. The Morgan fingerprint density at radius 3 is 2.77 bits per heavy atom. The zero-order valence-electron chi connectivity index (χ0n) is 12.5. The Hall–Kier alpha value is -2.01. The predicted molar refractivity (Wildman–Crippen MR) is 92.2 cm³/mol. The second-order valence-electron chi connectivity index (χ2n) is 5.34. The number of rotatable bonds is 3. The average molecular weight is 313 g/mol. The Balaban J connectivity index is 1.79. The van der Waals surface area contributed by atoms with Crippen molar-refractivity contribution in [1.29, 1.82) is 0 Å². The first-order valence-corrected chi connectivity index (χ1v) is 8.52. The van der Waals surface area contributed by atoms with Crippen molar-refractivity contribution in [3.05, 3.63) is 48.8 Å². The number of pyridine rings is 1. The highest BCUT2D eigenvalue weighted by molar-refractivity contribution is 7.99. The van der Waals surface area contributed by atoms with Crippen LogP contribution in [0, 0.1) is 0 Å². The zero-order valence-corrected chi connectivity index (χ0v) is 13.3. The van der Waals surface area contributed by atoms with E-state index in [4.69, 9.17) is 0 Å². The number of amides is 2. The molecule has 1 aliphatic rings. The molecule has 2 aromatic rings. The summed E-state index contributed by atoms with van der Waals surface area (Å²) in [7, 11) is 1.88. The average Bonchev–Trinajstić information content (AvgIpc) is 3.10. The van der Waals surface area contributed by atoms with Crippen LogP contribution in [0.25, 0.3) is 11.1 Å². The van der Waals surface area contributed by atoms with Crippen LogP contribution >= 0.6 is 11.8 Å². The number of benzene rings is 1. The van der Waals surface area contributed by atoms with Crippen LogP contribution in [0.15, 0.2) is 48.8 Å². The molecule has 0 radical (unpaired) electrons. The SMILES string of the molecule is CN(C(=O)Nc1ccccc1-c1ccncc1)[C@H]1CCSC1. The van der Waals surface area contributed by atoms with Crippen LogP contribution in [0.1, 0.15) is 6.42 Å². The number of para-hydroxylation sites is 1. The fourth-order valence-corrected chi connectivity index (χ4v) is 3.84. The molecule has 4 nitrogen and oxygen atoms in total. The number of thioether (sulfide) groups is 1. The van der Waals surface area contributed by atoms with Gasteiger partial charge < -0.3 is 10.2 Å². The quantitative estimate of drug-likeness (QED) is 0.939. The summed E-state index contributed by atoms with van der Waals surface area (Å²) < 4.78 is 0. The number of nitrogens with one attached hydrogen (secondary N) is 1. The number of hydrogen-bond donors (Lipinski definition) is 1. The number of urea groups is 1. The summed E-state index contributed by atoms with van der Waals surface area (Å²) in [5.41, 5.74) is 2.88. The van der Waals surface area contributed by atoms with Gasteiger partial charge in [0.25, 0.3) is 0 Å². The molecule has 3 rings (SSSR count). The molecule has 0 bridgehead atoms. The molecule has 1 aromatic heterocycles. The van der Waals surface area contributed by atoms with Crippen molar-refractivity contribution in [3.63, 3.8) is 0 Å². The van der Waals surface area contributed by atoms with Crippen molar-refractivity contribution < 1.29 is 4.79 Å². The Morgan fingerprint density at radius 2 is 2.05 bits per heavy atom. The number of hydrogen-bond acceptors (Lipinski definition) is 3. The monoisotopic (exact) mass is 313 g/mol. The van der Waals surface area contributed by atoms with E-state index in [1.165, 1.54) is 0 Å². The van der Waals surface area contributed by atoms with Crippen molar-refractivity contribution >= 4 is 23.5 Å². The number of carbonyl (C=O) groups is 1. The highest BCUT2D eigenvalue weighted by atomic mass is 32.2. The smallest absolute Gasteiger partial charge is 0.321 e. The van der Waals surface area contributed by atoms with Gasteiger partial charge in [-0.05, 0) is 35.9 Å². The molecule has 114 valence electrons. The first-order chi connectivity index (χ1) is 10.8. The Morgan fingerprint density at radius 1 is 1.27 bits per heavy atom. The lowest BCUT2D eigenvalue weighted by Crippen LogP contribution is -2.39. The lowest BCUT2D eigenvalue weighted by atomic mass is 10.1. The highest BCUT2D eigenvalue weighted by Gasteiger charge is 2.24. The van der Waals surface area contributed by atoms with E-state index in [1.54, 1.807) is 12.4 Å². The normalized spacial score (nSPS) is 17.2. The topological polar surface area (TPSA) is 45.2 Å². The number of aromatic nitrogens is 1. The van der Waals surface area contributed by atoms with Crippen LogP contribution in [0.3, 0.4) is 0 Å². The summed E-state index contributed by atoms with van der Waals surface area (Å²) in [5, 5.41) is 3.04. The van der Waals surface area contributed by atoms with Gasteiger partial charge in [0.1, 0.15) is 0 Å². The van der Waals surface area contributed by atoms with Crippen molar-refractivity contribution in [2.24, 2.45) is 0 Å². The van der Waals surface area contributed by atoms with Gasteiger partial charge in [-0.1, -0.05) is 18.2 Å². The number of nitrogens with zero attached hydrogens (tertiary/aromatic N) is 2. The predicted octanol–water partition coefficient (Wildman–Crippen LogP) is 3.72. The molecular weight excluding hydrogens is 294 g/mol. The second kappa shape index (κ2) is 6.83. The van der Waals surface area contributed by atoms with E-state index in [-0.39, 0.29) is 6.03 Å². The Bertz CT molecular complexity index is 641. The van der Waals surface area contributed by atoms with Crippen LogP contribution in [-0.4, -0.2) is 40.5 Å². The largest absolute Gasteiger partial charge is 0.324 e. The van der Waals surface area contributed by atoms with Gasteiger partial charge in [0.05, 0.1) is 5.69 Å². The lowest BCUT2D eigenvalue weighted by Gasteiger charge is -2.24. The zero-order chi connectivity index (χ0) is 15.4. The van der Waals surface area contributed by atoms with Gasteiger partial charge >= 0.3 is 6.03 Å². The van der Waals surface area contributed by atoms with E-state index in [0.29, 0.717) is 6.04 Å². The highest BCUT2D eigenvalue weighted by Crippen LogP contribution is 2.28. The molecule has 0 saturated carbocycles. The molecule has 2 heterocycles. The fourth-order valence-electron chi connectivity index (χ4n) is 2.57. The van der Waals surface area contributed by atoms with Crippen LogP contribution < -0.4 is 5.32 Å². The van der Waals surface area contributed by atoms with Gasteiger partial charge in [-0.2, -0.15) is 11.8 Å². The fraction of sp³-hybridized carbons (Fsp3) is 0.294. The van der Waals surface area contributed by atoms with Gasteiger partial charge in [-0.15, -0.1) is 0 Å². The maximum Gasteiger partial charge on any atom is 0.321 e. The van der Waals surface area contributed by atoms with Crippen LogP contribution in [0.5, 0.6) is 0 Å². The summed E-state index contributed by atoms with van der Waals surface area (Å²) in [6, 6.07) is 12.0. The van der Waals surface area contributed by atoms with Gasteiger partial charge in [-0.3, -0.25) is 4.98 Å².